The number of guanidine groups is 1. The molecule has 2 aliphatic heterocycles. The molecule has 8 heteroatoms. The highest BCUT2D eigenvalue weighted by atomic mass is 127. The van der Waals surface area contributed by atoms with Gasteiger partial charge in [-0.25, -0.2) is 0 Å². The Morgan fingerprint density at radius 1 is 1.29 bits per heavy atom. The van der Waals surface area contributed by atoms with E-state index in [1.54, 1.807) is 7.05 Å². The Balaban J connectivity index is 0.00000280. The van der Waals surface area contributed by atoms with Crippen LogP contribution in [0.4, 0.5) is 0 Å². The van der Waals surface area contributed by atoms with Crippen molar-refractivity contribution in [3.8, 4) is 0 Å². The third-order valence-corrected chi connectivity index (χ3v) is 6.44. The maximum atomic E-state index is 13.1. The number of nitrogens with one attached hydrogen (secondary N) is 2. The summed E-state index contributed by atoms with van der Waals surface area (Å²) >= 11 is 2.02. The molecule has 2 saturated heterocycles. The zero-order valence-corrected chi connectivity index (χ0v) is 19.6. The topological polar surface area (TPSA) is 66.0 Å². The number of thioether (sulfide) groups is 1. The standard InChI is InChI=1S/C20H30N4O2S.HI/c1-21-20(22-14-17-8-5-13-27-17)23-15-18(16-6-3-2-4-7-16)19(25)24-9-11-26-12-10-24;/h2-4,6-7,17-18H,5,8-15H2,1H3,(H2,21,22,23);1H. The third kappa shape index (κ3) is 6.81. The number of hydrogen-bond donors (Lipinski definition) is 2. The second-order valence-corrected chi connectivity index (χ2v) is 8.28. The maximum Gasteiger partial charge on any atom is 0.232 e. The number of carbonyl (C=O) groups is 1. The lowest BCUT2D eigenvalue weighted by Gasteiger charge is -2.31. The van der Waals surface area contributed by atoms with Gasteiger partial charge in [-0.2, -0.15) is 11.8 Å². The lowest BCUT2D eigenvalue weighted by Crippen LogP contribution is -2.47. The van der Waals surface area contributed by atoms with Gasteiger partial charge in [0.05, 0.1) is 19.1 Å². The van der Waals surface area contributed by atoms with E-state index in [-0.39, 0.29) is 35.8 Å². The zero-order valence-electron chi connectivity index (χ0n) is 16.4. The molecule has 156 valence electrons. The van der Waals surface area contributed by atoms with E-state index in [4.69, 9.17) is 4.74 Å². The molecule has 2 N–H and O–H groups in total. The number of halogens is 1. The molecule has 2 heterocycles. The van der Waals surface area contributed by atoms with Gasteiger partial charge in [0.2, 0.25) is 5.91 Å². The number of carbonyl (C=O) groups excluding carboxylic acids is 1. The van der Waals surface area contributed by atoms with Crippen LogP contribution >= 0.6 is 35.7 Å². The van der Waals surface area contributed by atoms with Gasteiger partial charge in [0.1, 0.15) is 0 Å². The predicted molar refractivity (Wildman–Crippen MR) is 127 cm³/mol. The molecule has 0 aromatic heterocycles. The average Bonchev–Trinajstić information content (AvgIpc) is 3.25. The highest BCUT2D eigenvalue weighted by Crippen LogP contribution is 2.25. The number of benzene rings is 1. The summed E-state index contributed by atoms with van der Waals surface area (Å²) in [6, 6.07) is 10.00. The summed E-state index contributed by atoms with van der Waals surface area (Å²) in [5.41, 5.74) is 1.03. The first-order valence-electron chi connectivity index (χ1n) is 9.75. The fraction of sp³-hybridized carbons (Fsp3) is 0.600. The van der Waals surface area contributed by atoms with Crippen LogP contribution in [-0.4, -0.2) is 74.2 Å². The van der Waals surface area contributed by atoms with Crippen LogP contribution in [0.25, 0.3) is 0 Å². The van der Waals surface area contributed by atoms with Gasteiger partial charge in [0, 0.05) is 38.5 Å². The van der Waals surface area contributed by atoms with Crippen LogP contribution in [0, 0.1) is 0 Å². The van der Waals surface area contributed by atoms with Crippen molar-refractivity contribution >= 4 is 47.6 Å². The third-order valence-electron chi connectivity index (χ3n) is 5.04. The van der Waals surface area contributed by atoms with Crippen molar-refractivity contribution in [2.75, 3.05) is 52.2 Å². The largest absolute Gasteiger partial charge is 0.378 e. The second kappa shape index (κ2) is 12.5. The van der Waals surface area contributed by atoms with Crippen LogP contribution in [0.3, 0.4) is 0 Å². The molecule has 3 rings (SSSR count). The molecular formula is C20H31IN4O2S. The van der Waals surface area contributed by atoms with Crippen molar-refractivity contribution in [2.24, 2.45) is 4.99 Å². The Bertz CT molecular complexity index is 620. The maximum absolute atomic E-state index is 13.1. The number of nitrogens with zero attached hydrogens (tertiary/aromatic N) is 2. The van der Waals surface area contributed by atoms with E-state index in [0.29, 0.717) is 38.1 Å². The van der Waals surface area contributed by atoms with Crippen molar-refractivity contribution in [3.63, 3.8) is 0 Å². The normalized spacial score (nSPS) is 21.0. The lowest BCUT2D eigenvalue weighted by molar-refractivity contribution is -0.136. The van der Waals surface area contributed by atoms with Gasteiger partial charge in [0.15, 0.2) is 5.96 Å². The molecule has 0 saturated carbocycles. The monoisotopic (exact) mass is 518 g/mol. The van der Waals surface area contributed by atoms with Gasteiger partial charge >= 0.3 is 0 Å². The SMILES string of the molecule is CN=C(NCC1CCCS1)NCC(C(=O)N1CCOCC1)c1ccccc1.I. The minimum atomic E-state index is -0.233. The quantitative estimate of drug-likeness (QED) is 0.344. The Hall–Kier alpha value is -1.000. The number of amides is 1. The molecule has 1 aromatic rings. The first-order chi connectivity index (χ1) is 13.3. The minimum Gasteiger partial charge on any atom is -0.378 e. The predicted octanol–water partition coefficient (Wildman–Crippen LogP) is 2.31. The second-order valence-electron chi connectivity index (χ2n) is 6.87. The zero-order chi connectivity index (χ0) is 18.9. The van der Waals surface area contributed by atoms with Gasteiger partial charge in [-0.1, -0.05) is 30.3 Å². The molecule has 2 atom stereocenters. The summed E-state index contributed by atoms with van der Waals surface area (Å²) in [6.45, 7) is 3.99. The fourth-order valence-corrected chi connectivity index (χ4v) is 4.67. The van der Waals surface area contributed by atoms with Crippen molar-refractivity contribution in [2.45, 2.75) is 24.0 Å². The smallest absolute Gasteiger partial charge is 0.232 e. The lowest BCUT2D eigenvalue weighted by atomic mass is 9.97. The molecule has 2 unspecified atom stereocenters. The van der Waals surface area contributed by atoms with Crippen LogP contribution < -0.4 is 10.6 Å². The van der Waals surface area contributed by atoms with Crippen LogP contribution in [0.2, 0.25) is 0 Å². The summed E-state index contributed by atoms with van der Waals surface area (Å²) in [5.74, 6) is 1.93. The molecule has 0 spiro atoms. The minimum absolute atomic E-state index is 0. The Morgan fingerprint density at radius 3 is 2.68 bits per heavy atom. The Labute approximate surface area is 189 Å². The number of ether oxygens (including phenoxy) is 1. The molecule has 0 radical (unpaired) electrons. The van der Waals surface area contributed by atoms with Crippen LogP contribution in [0.15, 0.2) is 35.3 Å². The van der Waals surface area contributed by atoms with Crippen LogP contribution in [0.5, 0.6) is 0 Å². The summed E-state index contributed by atoms with van der Waals surface area (Å²) in [6.07, 6.45) is 2.56. The summed E-state index contributed by atoms with van der Waals surface area (Å²) in [7, 11) is 1.78. The molecule has 0 bridgehead atoms. The first kappa shape index (κ1) is 23.3. The number of rotatable bonds is 6. The number of morpholine rings is 1. The summed E-state index contributed by atoms with van der Waals surface area (Å²) < 4.78 is 5.39. The van der Waals surface area contributed by atoms with Crippen molar-refractivity contribution < 1.29 is 9.53 Å². The molecule has 2 fully saturated rings. The van der Waals surface area contributed by atoms with Gasteiger partial charge in [0.25, 0.3) is 0 Å². The summed E-state index contributed by atoms with van der Waals surface area (Å²) in [5, 5.41) is 7.43. The first-order valence-corrected chi connectivity index (χ1v) is 10.8. The highest BCUT2D eigenvalue weighted by molar-refractivity contribution is 14.0. The molecule has 28 heavy (non-hydrogen) atoms. The molecule has 0 aliphatic carbocycles. The van der Waals surface area contributed by atoms with Crippen LogP contribution in [-0.2, 0) is 9.53 Å². The Morgan fingerprint density at radius 2 is 2.04 bits per heavy atom. The van der Waals surface area contributed by atoms with Crippen LogP contribution in [0.1, 0.15) is 24.3 Å². The van der Waals surface area contributed by atoms with Gasteiger partial charge in [-0.05, 0) is 24.2 Å². The van der Waals surface area contributed by atoms with E-state index in [1.807, 2.05) is 47.0 Å². The summed E-state index contributed by atoms with van der Waals surface area (Å²) in [4.78, 5) is 19.4. The number of aliphatic imine (C=N–C) groups is 1. The molecular weight excluding hydrogens is 487 g/mol. The number of hydrogen-bond acceptors (Lipinski definition) is 4. The van der Waals surface area contributed by atoms with Crippen molar-refractivity contribution in [1.82, 2.24) is 15.5 Å². The van der Waals surface area contributed by atoms with E-state index in [1.165, 1.54) is 18.6 Å². The van der Waals surface area contributed by atoms with E-state index in [0.717, 1.165) is 18.1 Å². The Kier molecular flexibility index (Phi) is 10.4. The highest BCUT2D eigenvalue weighted by Gasteiger charge is 2.27. The van der Waals surface area contributed by atoms with Crippen molar-refractivity contribution in [1.29, 1.82) is 0 Å². The van der Waals surface area contributed by atoms with Gasteiger partial charge < -0.3 is 20.3 Å². The van der Waals surface area contributed by atoms with E-state index < -0.39 is 0 Å². The molecule has 1 amide bonds. The van der Waals surface area contributed by atoms with E-state index in [2.05, 4.69) is 15.6 Å². The molecule has 2 aliphatic rings. The van der Waals surface area contributed by atoms with E-state index >= 15 is 0 Å². The van der Waals surface area contributed by atoms with Gasteiger partial charge in [-0.3, -0.25) is 9.79 Å². The van der Waals surface area contributed by atoms with Crippen molar-refractivity contribution in [3.05, 3.63) is 35.9 Å². The van der Waals surface area contributed by atoms with Gasteiger partial charge in [-0.15, -0.1) is 24.0 Å². The van der Waals surface area contributed by atoms with E-state index in [9.17, 15) is 4.79 Å². The fourth-order valence-electron chi connectivity index (χ4n) is 3.47. The molecule has 1 aromatic carbocycles. The average molecular weight is 518 g/mol. The molecule has 6 nitrogen and oxygen atoms in total.